The number of fused-ring (bicyclic) bond motifs is 1. The van der Waals surface area contributed by atoms with E-state index >= 15 is 0 Å². The number of carbonyl (C=O) groups is 1. The number of benzene rings is 2. The first-order chi connectivity index (χ1) is 9.99. The van der Waals surface area contributed by atoms with Crippen molar-refractivity contribution in [2.45, 2.75) is 33.1 Å². The van der Waals surface area contributed by atoms with Crippen molar-refractivity contribution in [2.24, 2.45) is 0 Å². The fraction of sp³-hybridized carbons (Fsp3) is 0.278. The number of esters is 1. The third-order valence-corrected chi connectivity index (χ3v) is 5.42. The molecule has 0 fully saturated rings. The summed E-state index contributed by atoms with van der Waals surface area (Å²) >= 11 is 3.65. The molecule has 0 spiro atoms. The van der Waals surface area contributed by atoms with E-state index < -0.39 is 0 Å². The van der Waals surface area contributed by atoms with E-state index in [1.54, 1.807) is 0 Å². The van der Waals surface area contributed by atoms with Crippen LogP contribution in [-0.4, -0.2) is 5.97 Å². The maximum absolute atomic E-state index is 12.0. The first kappa shape index (κ1) is 14.3. The first-order valence-corrected chi connectivity index (χ1v) is 7.84. The Labute approximate surface area is 133 Å². The monoisotopic (exact) mass is 344 g/mol. The molecule has 0 saturated carbocycles. The Morgan fingerprint density at radius 3 is 2.57 bits per heavy atom. The molecule has 0 aromatic heterocycles. The van der Waals surface area contributed by atoms with Crippen LogP contribution in [0.5, 0.6) is 5.75 Å². The maximum atomic E-state index is 12.0. The van der Waals surface area contributed by atoms with Crippen LogP contribution in [0.25, 0.3) is 0 Å². The minimum absolute atomic E-state index is 0.0688. The van der Waals surface area contributed by atoms with Crippen LogP contribution in [0.1, 0.15) is 40.2 Å². The number of carbonyl (C=O) groups excluding carboxylic acids is 1. The zero-order valence-corrected chi connectivity index (χ0v) is 14.0. The highest BCUT2D eigenvalue weighted by molar-refractivity contribution is 9.10. The molecule has 3 heteroatoms. The van der Waals surface area contributed by atoms with Crippen molar-refractivity contribution < 1.29 is 9.53 Å². The molecule has 3 rings (SSSR count). The first-order valence-electron chi connectivity index (χ1n) is 7.05. The van der Waals surface area contributed by atoms with Crippen molar-refractivity contribution in [2.75, 3.05) is 0 Å². The van der Waals surface area contributed by atoms with Crippen LogP contribution in [0.4, 0.5) is 0 Å². The van der Waals surface area contributed by atoms with Gasteiger partial charge in [-0.2, -0.15) is 0 Å². The van der Waals surface area contributed by atoms with Gasteiger partial charge in [-0.15, -0.1) is 0 Å². The summed E-state index contributed by atoms with van der Waals surface area (Å²) in [4.78, 5) is 12.0. The van der Waals surface area contributed by atoms with Gasteiger partial charge >= 0.3 is 5.97 Å². The molecule has 1 aliphatic heterocycles. The maximum Gasteiger partial charge on any atom is 0.312 e. The second-order valence-electron chi connectivity index (χ2n) is 5.63. The van der Waals surface area contributed by atoms with E-state index in [0.717, 1.165) is 21.2 Å². The van der Waals surface area contributed by atoms with Crippen molar-refractivity contribution in [3.05, 3.63) is 62.6 Å². The highest BCUT2D eigenvalue weighted by atomic mass is 79.9. The Hall–Kier alpha value is -1.61. The van der Waals surface area contributed by atoms with E-state index in [-0.39, 0.29) is 11.9 Å². The molecule has 2 aromatic rings. The summed E-state index contributed by atoms with van der Waals surface area (Å²) in [5.74, 6) is 0.619. The van der Waals surface area contributed by atoms with Gasteiger partial charge in [-0.1, -0.05) is 40.2 Å². The molecule has 0 bridgehead atoms. The summed E-state index contributed by atoms with van der Waals surface area (Å²) in [6.45, 7) is 6.19. The van der Waals surface area contributed by atoms with Crippen LogP contribution in [0, 0.1) is 20.8 Å². The lowest BCUT2D eigenvalue weighted by Crippen LogP contribution is -2.22. The number of halogens is 1. The minimum Gasteiger partial charge on any atom is -0.426 e. The summed E-state index contributed by atoms with van der Waals surface area (Å²) < 4.78 is 6.58. The Bertz CT molecular complexity index is 734. The van der Waals surface area contributed by atoms with Crippen molar-refractivity contribution in [1.82, 2.24) is 0 Å². The molecule has 1 heterocycles. The van der Waals surface area contributed by atoms with Crippen LogP contribution >= 0.6 is 15.9 Å². The summed E-state index contributed by atoms with van der Waals surface area (Å²) in [6.07, 6.45) is 0.397. The van der Waals surface area contributed by atoms with Gasteiger partial charge in [0, 0.05) is 16.0 Å². The van der Waals surface area contributed by atoms with Crippen LogP contribution < -0.4 is 4.74 Å². The molecular formula is C18H17BrO2. The van der Waals surface area contributed by atoms with Gasteiger partial charge in [-0.05, 0) is 49.1 Å². The van der Waals surface area contributed by atoms with Crippen LogP contribution in [-0.2, 0) is 4.79 Å². The molecule has 0 aliphatic carbocycles. The van der Waals surface area contributed by atoms with Gasteiger partial charge in [0.2, 0.25) is 0 Å². The van der Waals surface area contributed by atoms with E-state index in [9.17, 15) is 4.79 Å². The zero-order chi connectivity index (χ0) is 15.1. The Balaban J connectivity index is 2.25. The van der Waals surface area contributed by atoms with Gasteiger partial charge in [-0.3, -0.25) is 4.79 Å². The second kappa shape index (κ2) is 5.30. The third-order valence-electron chi connectivity index (χ3n) is 4.20. The molecule has 2 nitrogen and oxygen atoms in total. The molecule has 0 N–H and O–H groups in total. The van der Waals surface area contributed by atoms with Gasteiger partial charge in [-0.25, -0.2) is 0 Å². The minimum atomic E-state index is -0.156. The largest absolute Gasteiger partial charge is 0.426 e. The molecule has 0 amide bonds. The topological polar surface area (TPSA) is 26.3 Å². The average molecular weight is 345 g/mol. The smallest absolute Gasteiger partial charge is 0.312 e. The number of ether oxygens (including phenoxy) is 1. The third kappa shape index (κ3) is 2.40. The number of hydrogen-bond donors (Lipinski definition) is 0. The summed E-state index contributed by atoms with van der Waals surface area (Å²) in [5.41, 5.74) is 5.78. The predicted molar refractivity (Wildman–Crippen MR) is 86.9 cm³/mol. The lowest BCUT2D eigenvalue weighted by molar-refractivity contribution is -0.135. The molecule has 1 atom stereocenters. The molecule has 1 aliphatic rings. The lowest BCUT2D eigenvalue weighted by atomic mass is 9.81. The van der Waals surface area contributed by atoms with Gasteiger partial charge in [0.25, 0.3) is 0 Å². The van der Waals surface area contributed by atoms with Gasteiger partial charge in [0.1, 0.15) is 5.75 Å². The fourth-order valence-corrected chi connectivity index (χ4v) is 3.46. The number of rotatable bonds is 1. The number of hydrogen-bond acceptors (Lipinski definition) is 2. The SMILES string of the molecule is Cc1ccccc1[C@H]1CC(=O)Oc2cc(C)c(Br)c(C)c21. The van der Waals surface area contributed by atoms with Crippen molar-refractivity contribution in [3.63, 3.8) is 0 Å². The van der Waals surface area contributed by atoms with E-state index in [2.05, 4.69) is 41.9 Å². The quantitative estimate of drug-likeness (QED) is 0.547. The second-order valence-corrected chi connectivity index (χ2v) is 6.42. The van der Waals surface area contributed by atoms with Crippen molar-refractivity contribution in [1.29, 1.82) is 0 Å². The van der Waals surface area contributed by atoms with Crippen LogP contribution in [0.2, 0.25) is 0 Å². The molecule has 0 saturated heterocycles. The Morgan fingerprint density at radius 2 is 1.86 bits per heavy atom. The zero-order valence-electron chi connectivity index (χ0n) is 12.4. The highest BCUT2D eigenvalue weighted by Gasteiger charge is 2.31. The van der Waals surface area contributed by atoms with Crippen molar-refractivity contribution >= 4 is 21.9 Å². The summed E-state index contributed by atoms with van der Waals surface area (Å²) in [7, 11) is 0. The standard InChI is InChI=1S/C18H17BrO2/c1-10-6-4-5-7-13(10)14-9-16(20)21-15-8-11(2)18(19)12(3)17(14)15/h4-8,14H,9H2,1-3H3/t14-/m1/s1. The van der Waals surface area contributed by atoms with E-state index in [0.29, 0.717) is 12.2 Å². The van der Waals surface area contributed by atoms with E-state index in [1.807, 2.05) is 25.1 Å². The molecule has 108 valence electrons. The van der Waals surface area contributed by atoms with Gasteiger partial charge in [0.15, 0.2) is 0 Å². The summed E-state index contributed by atoms with van der Waals surface area (Å²) in [6, 6.07) is 10.2. The molecule has 21 heavy (non-hydrogen) atoms. The van der Waals surface area contributed by atoms with Crippen molar-refractivity contribution in [3.8, 4) is 5.75 Å². The molecule has 2 aromatic carbocycles. The average Bonchev–Trinajstić information content (AvgIpc) is 2.44. The van der Waals surface area contributed by atoms with Gasteiger partial charge < -0.3 is 4.74 Å². The fourth-order valence-electron chi connectivity index (χ4n) is 3.13. The predicted octanol–water partition coefficient (Wildman–Crippen LogP) is 4.82. The molecule has 0 unspecified atom stereocenters. The summed E-state index contributed by atoms with van der Waals surface area (Å²) in [5, 5.41) is 0. The van der Waals surface area contributed by atoms with Crippen LogP contribution in [0.3, 0.4) is 0 Å². The van der Waals surface area contributed by atoms with Gasteiger partial charge in [0.05, 0.1) is 6.42 Å². The number of aryl methyl sites for hydroxylation is 2. The molecule has 0 radical (unpaired) electrons. The van der Waals surface area contributed by atoms with E-state index in [4.69, 9.17) is 4.74 Å². The highest BCUT2D eigenvalue weighted by Crippen LogP contribution is 2.44. The normalized spacial score (nSPS) is 17.3. The Kier molecular flexibility index (Phi) is 3.62. The molecular weight excluding hydrogens is 328 g/mol. The van der Waals surface area contributed by atoms with E-state index in [1.165, 1.54) is 11.1 Å². The Morgan fingerprint density at radius 1 is 1.14 bits per heavy atom. The lowest BCUT2D eigenvalue weighted by Gasteiger charge is -2.28. The van der Waals surface area contributed by atoms with Crippen LogP contribution in [0.15, 0.2) is 34.8 Å².